The molecule has 0 bridgehead atoms. The van der Waals surface area contributed by atoms with Crippen molar-refractivity contribution in [2.45, 2.75) is 32.1 Å². The van der Waals surface area contributed by atoms with Crippen molar-refractivity contribution in [1.29, 1.82) is 0 Å². The zero-order chi connectivity index (χ0) is 19.5. The van der Waals surface area contributed by atoms with Gasteiger partial charge in [-0.25, -0.2) is 8.78 Å². The van der Waals surface area contributed by atoms with Gasteiger partial charge in [-0.15, -0.1) is 0 Å². The Bertz CT molecular complexity index is 774. The van der Waals surface area contributed by atoms with E-state index >= 15 is 0 Å². The van der Waals surface area contributed by atoms with E-state index in [9.17, 15) is 26.7 Å². The van der Waals surface area contributed by atoms with Crippen LogP contribution in [-0.2, 0) is 11.0 Å². The Labute approximate surface area is 147 Å². The maximum atomic E-state index is 13.8. The van der Waals surface area contributed by atoms with E-state index in [0.717, 1.165) is 36.4 Å². The molecule has 3 nitrogen and oxygen atoms in total. The van der Waals surface area contributed by atoms with Crippen LogP contribution in [-0.4, -0.2) is 11.9 Å². The van der Waals surface area contributed by atoms with Gasteiger partial charge in [-0.1, -0.05) is 6.07 Å². The fourth-order valence-corrected chi connectivity index (χ4v) is 2.39. The van der Waals surface area contributed by atoms with Crippen molar-refractivity contribution in [1.82, 2.24) is 5.32 Å². The Morgan fingerprint density at radius 1 is 1.00 bits per heavy atom. The molecule has 26 heavy (non-hydrogen) atoms. The van der Waals surface area contributed by atoms with Crippen molar-refractivity contribution in [2.24, 2.45) is 0 Å². The molecule has 0 fully saturated rings. The van der Waals surface area contributed by atoms with Gasteiger partial charge in [0.1, 0.15) is 11.6 Å². The molecule has 0 radical (unpaired) electrons. The molecule has 2 aromatic rings. The molecule has 0 unspecified atom stereocenters. The number of benzene rings is 2. The lowest BCUT2D eigenvalue weighted by Gasteiger charge is -2.20. The minimum atomic E-state index is -4.45. The number of hydrogen-bond donors (Lipinski definition) is 2. The molecule has 0 spiro atoms. The summed E-state index contributed by atoms with van der Waals surface area (Å²) in [6, 6.07) is 5.83. The Hall–Kier alpha value is -2.48. The van der Waals surface area contributed by atoms with Gasteiger partial charge in [0.2, 0.25) is 5.91 Å². The molecule has 140 valence electrons. The number of halogens is 5. The van der Waals surface area contributed by atoms with E-state index in [0.29, 0.717) is 0 Å². The normalized spacial score (nSPS) is 14.0. The molecule has 2 rings (SSSR count). The highest BCUT2D eigenvalue weighted by molar-refractivity contribution is 5.94. The van der Waals surface area contributed by atoms with Gasteiger partial charge in [-0.3, -0.25) is 10.1 Å². The first-order chi connectivity index (χ1) is 12.1. The highest BCUT2D eigenvalue weighted by Crippen LogP contribution is 2.29. The van der Waals surface area contributed by atoms with Crippen molar-refractivity contribution in [2.75, 3.05) is 5.32 Å². The van der Waals surface area contributed by atoms with Gasteiger partial charge in [0.05, 0.1) is 11.6 Å². The van der Waals surface area contributed by atoms with Crippen molar-refractivity contribution in [3.8, 4) is 0 Å². The standard InChI is InChI=1S/C18H17F5N2O/c1-10(15-8-5-13(19)9-16(15)20)24-11(2)17(26)25-14-6-3-12(4-7-14)18(21,22)23/h3-11,24H,1-2H3,(H,25,26)/t10-,11+/m0/s1. The van der Waals surface area contributed by atoms with Crippen LogP contribution in [0.1, 0.15) is 31.0 Å². The minimum Gasteiger partial charge on any atom is -0.325 e. The minimum absolute atomic E-state index is 0.195. The summed E-state index contributed by atoms with van der Waals surface area (Å²) < 4.78 is 64.3. The first kappa shape index (κ1) is 19.8. The Kier molecular flexibility index (Phi) is 5.97. The molecular formula is C18H17F5N2O. The summed E-state index contributed by atoms with van der Waals surface area (Å²) in [7, 11) is 0. The lowest BCUT2D eigenvalue weighted by molar-refractivity contribution is -0.137. The number of alkyl halides is 3. The third-order valence-electron chi connectivity index (χ3n) is 3.80. The lowest BCUT2D eigenvalue weighted by atomic mass is 10.1. The van der Waals surface area contributed by atoms with Crippen molar-refractivity contribution >= 4 is 11.6 Å². The van der Waals surface area contributed by atoms with E-state index in [1.54, 1.807) is 6.92 Å². The van der Waals surface area contributed by atoms with Gasteiger partial charge >= 0.3 is 6.18 Å². The molecule has 0 aromatic heterocycles. The summed E-state index contributed by atoms with van der Waals surface area (Å²) in [6.07, 6.45) is -4.45. The molecule has 0 saturated heterocycles. The molecule has 2 atom stereocenters. The van der Waals surface area contributed by atoms with Crippen LogP contribution in [0.5, 0.6) is 0 Å². The smallest absolute Gasteiger partial charge is 0.325 e. The Balaban J connectivity index is 1.98. The number of hydrogen-bond acceptors (Lipinski definition) is 2. The van der Waals surface area contributed by atoms with Crippen LogP contribution in [0, 0.1) is 11.6 Å². The van der Waals surface area contributed by atoms with Crippen LogP contribution in [0.15, 0.2) is 42.5 Å². The molecule has 2 N–H and O–H groups in total. The largest absolute Gasteiger partial charge is 0.416 e. The molecule has 0 heterocycles. The summed E-state index contributed by atoms with van der Waals surface area (Å²) in [5, 5.41) is 5.34. The SMILES string of the molecule is C[C@H](N[C@H](C)C(=O)Nc1ccc(C(F)(F)F)cc1)c1ccc(F)cc1F. The van der Waals surface area contributed by atoms with Crippen LogP contribution < -0.4 is 10.6 Å². The van der Waals surface area contributed by atoms with Gasteiger partial charge in [0, 0.05) is 23.4 Å². The first-order valence-corrected chi connectivity index (χ1v) is 7.77. The van der Waals surface area contributed by atoms with Crippen LogP contribution >= 0.6 is 0 Å². The highest BCUT2D eigenvalue weighted by Gasteiger charge is 2.30. The van der Waals surface area contributed by atoms with E-state index in [2.05, 4.69) is 10.6 Å². The third-order valence-corrected chi connectivity index (χ3v) is 3.80. The zero-order valence-electron chi connectivity index (χ0n) is 14.0. The fourth-order valence-electron chi connectivity index (χ4n) is 2.39. The molecule has 1 amide bonds. The van der Waals surface area contributed by atoms with E-state index < -0.39 is 41.4 Å². The highest BCUT2D eigenvalue weighted by atomic mass is 19.4. The van der Waals surface area contributed by atoms with Gasteiger partial charge in [0.25, 0.3) is 0 Å². The lowest BCUT2D eigenvalue weighted by Crippen LogP contribution is -2.39. The monoisotopic (exact) mass is 372 g/mol. The predicted molar refractivity (Wildman–Crippen MR) is 87.4 cm³/mol. The van der Waals surface area contributed by atoms with Gasteiger partial charge < -0.3 is 5.32 Å². The molecule has 0 aliphatic heterocycles. The van der Waals surface area contributed by atoms with E-state index in [1.807, 2.05) is 0 Å². The first-order valence-electron chi connectivity index (χ1n) is 7.77. The van der Waals surface area contributed by atoms with Crippen LogP contribution in [0.2, 0.25) is 0 Å². The summed E-state index contributed by atoms with van der Waals surface area (Å²) in [4.78, 5) is 12.2. The predicted octanol–water partition coefficient (Wildman–Crippen LogP) is 4.66. The molecular weight excluding hydrogens is 355 g/mol. The topological polar surface area (TPSA) is 41.1 Å². The van der Waals surface area contributed by atoms with Gasteiger partial charge in [-0.2, -0.15) is 13.2 Å². The maximum absolute atomic E-state index is 13.8. The molecule has 0 aliphatic rings. The van der Waals surface area contributed by atoms with Crippen LogP contribution in [0.3, 0.4) is 0 Å². The molecule has 2 aromatic carbocycles. The maximum Gasteiger partial charge on any atom is 0.416 e. The number of carbonyl (C=O) groups excluding carboxylic acids is 1. The summed E-state index contributed by atoms with van der Waals surface area (Å²) >= 11 is 0. The van der Waals surface area contributed by atoms with Crippen molar-refractivity contribution in [3.05, 3.63) is 65.2 Å². The molecule has 8 heteroatoms. The van der Waals surface area contributed by atoms with Crippen molar-refractivity contribution < 1.29 is 26.7 Å². The average molecular weight is 372 g/mol. The summed E-state index contributed by atoms with van der Waals surface area (Å²) in [5.74, 6) is -1.94. The van der Waals surface area contributed by atoms with E-state index in [1.165, 1.54) is 13.0 Å². The number of amides is 1. The van der Waals surface area contributed by atoms with E-state index in [-0.39, 0.29) is 11.3 Å². The summed E-state index contributed by atoms with van der Waals surface area (Å²) in [6.45, 7) is 3.13. The number of nitrogens with one attached hydrogen (secondary N) is 2. The zero-order valence-corrected chi connectivity index (χ0v) is 14.0. The molecule has 0 aliphatic carbocycles. The Morgan fingerprint density at radius 2 is 1.62 bits per heavy atom. The second-order valence-electron chi connectivity index (χ2n) is 5.84. The van der Waals surface area contributed by atoms with Gasteiger partial charge in [0.15, 0.2) is 0 Å². The number of carbonyl (C=O) groups is 1. The van der Waals surface area contributed by atoms with Crippen LogP contribution in [0.25, 0.3) is 0 Å². The molecule has 0 saturated carbocycles. The fraction of sp³-hybridized carbons (Fsp3) is 0.278. The second-order valence-corrected chi connectivity index (χ2v) is 5.84. The summed E-state index contributed by atoms with van der Waals surface area (Å²) in [5.41, 5.74) is -0.417. The van der Waals surface area contributed by atoms with E-state index in [4.69, 9.17) is 0 Å². The average Bonchev–Trinajstić information content (AvgIpc) is 2.54. The van der Waals surface area contributed by atoms with Crippen LogP contribution in [0.4, 0.5) is 27.6 Å². The number of rotatable bonds is 5. The van der Waals surface area contributed by atoms with Crippen molar-refractivity contribution in [3.63, 3.8) is 0 Å². The quantitative estimate of drug-likeness (QED) is 0.750. The second kappa shape index (κ2) is 7.82. The number of anilines is 1. The van der Waals surface area contributed by atoms with Gasteiger partial charge in [-0.05, 0) is 44.2 Å². The Morgan fingerprint density at radius 3 is 2.15 bits per heavy atom. The third kappa shape index (κ3) is 5.01.